The third-order valence-electron chi connectivity index (χ3n) is 1.58. The van der Waals surface area contributed by atoms with Gasteiger partial charge < -0.3 is 5.32 Å². The van der Waals surface area contributed by atoms with Gasteiger partial charge in [0.1, 0.15) is 11.2 Å². The fourth-order valence-electron chi connectivity index (χ4n) is 0.968. The average molecular weight is 206 g/mol. The van der Waals surface area contributed by atoms with E-state index in [1.165, 1.54) is 0 Å². The molecular formula is C9H6ClN4. The molecule has 0 unspecified atom stereocenters. The number of para-hydroxylation sites is 1. The van der Waals surface area contributed by atoms with Gasteiger partial charge in [0.25, 0.3) is 0 Å². The van der Waals surface area contributed by atoms with E-state index < -0.39 is 0 Å². The van der Waals surface area contributed by atoms with Crippen LogP contribution in [0.15, 0.2) is 30.3 Å². The summed E-state index contributed by atoms with van der Waals surface area (Å²) in [4.78, 5) is 0. The van der Waals surface area contributed by atoms with Crippen LogP contribution in [-0.4, -0.2) is 15.4 Å². The summed E-state index contributed by atoms with van der Waals surface area (Å²) >= 11 is 5.79. The standard InChI is InChI=1S/C9H6ClN4/c10-8-6-11-14-13-9(8)12-7-4-2-1-3-5-7/h1-5H,(H,11,12,13). The predicted molar refractivity (Wildman–Crippen MR) is 53.4 cm³/mol. The minimum Gasteiger partial charge on any atom is -0.337 e. The van der Waals surface area contributed by atoms with Crippen molar-refractivity contribution in [3.8, 4) is 0 Å². The van der Waals surface area contributed by atoms with Crippen molar-refractivity contribution in [3.05, 3.63) is 41.6 Å². The maximum Gasteiger partial charge on any atom is 0.176 e. The molecule has 2 aromatic rings. The fourth-order valence-corrected chi connectivity index (χ4v) is 1.09. The number of hydrogen-bond acceptors (Lipinski definition) is 4. The molecule has 0 atom stereocenters. The molecule has 5 heteroatoms. The van der Waals surface area contributed by atoms with Crippen molar-refractivity contribution >= 4 is 23.1 Å². The lowest BCUT2D eigenvalue weighted by Crippen LogP contribution is -1.97. The molecule has 1 radical (unpaired) electrons. The number of benzene rings is 1. The first-order valence-electron chi connectivity index (χ1n) is 3.95. The average Bonchev–Trinajstić information content (AvgIpc) is 2.23. The first kappa shape index (κ1) is 8.90. The molecular weight excluding hydrogens is 200 g/mol. The SMILES string of the molecule is Clc1[c]nnnc1Nc1ccccc1. The van der Waals surface area contributed by atoms with Crippen LogP contribution >= 0.6 is 11.6 Å². The van der Waals surface area contributed by atoms with Crippen LogP contribution in [-0.2, 0) is 0 Å². The van der Waals surface area contributed by atoms with Crippen molar-refractivity contribution in [2.45, 2.75) is 0 Å². The summed E-state index contributed by atoms with van der Waals surface area (Å²) in [6.07, 6.45) is 2.50. The zero-order valence-corrected chi connectivity index (χ0v) is 7.86. The van der Waals surface area contributed by atoms with E-state index in [4.69, 9.17) is 11.6 Å². The Morgan fingerprint density at radius 3 is 2.71 bits per heavy atom. The van der Waals surface area contributed by atoms with Crippen LogP contribution in [0.5, 0.6) is 0 Å². The van der Waals surface area contributed by atoms with Crippen LogP contribution in [0, 0.1) is 6.20 Å². The lowest BCUT2D eigenvalue weighted by molar-refractivity contribution is 0.866. The summed E-state index contributed by atoms with van der Waals surface area (Å²) in [5.41, 5.74) is 0.892. The van der Waals surface area contributed by atoms with Gasteiger partial charge in [-0.25, -0.2) is 0 Å². The lowest BCUT2D eigenvalue weighted by atomic mass is 10.3. The quantitative estimate of drug-likeness (QED) is 0.816. The third-order valence-corrected chi connectivity index (χ3v) is 1.85. The zero-order chi connectivity index (χ0) is 9.80. The van der Waals surface area contributed by atoms with Gasteiger partial charge in [-0.3, -0.25) is 0 Å². The molecule has 0 saturated carbocycles. The lowest BCUT2D eigenvalue weighted by Gasteiger charge is -2.03. The molecule has 1 heterocycles. The first-order valence-corrected chi connectivity index (χ1v) is 4.32. The summed E-state index contributed by atoms with van der Waals surface area (Å²) in [5, 5.41) is 13.9. The Labute approximate surface area is 85.9 Å². The van der Waals surface area contributed by atoms with Gasteiger partial charge in [-0.15, -0.1) is 10.2 Å². The second kappa shape index (κ2) is 4.02. The second-order valence-corrected chi connectivity index (χ2v) is 2.93. The van der Waals surface area contributed by atoms with Gasteiger partial charge >= 0.3 is 0 Å². The highest BCUT2D eigenvalue weighted by molar-refractivity contribution is 6.32. The minimum atomic E-state index is 0.323. The zero-order valence-electron chi connectivity index (χ0n) is 7.11. The van der Waals surface area contributed by atoms with Crippen molar-refractivity contribution < 1.29 is 0 Å². The summed E-state index contributed by atoms with van der Waals surface area (Å²) < 4.78 is 0. The van der Waals surface area contributed by atoms with Crippen molar-refractivity contribution in [2.75, 3.05) is 5.32 Å². The monoisotopic (exact) mass is 205 g/mol. The molecule has 0 fully saturated rings. The Hall–Kier alpha value is -1.68. The molecule has 4 nitrogen and oxygen atoms in total. The number of nitrogens with zero attached hydrogens (tertiary/aromatic N) is 3. The molecule has 1 aromatic heterocycles. The van der Waals surface area contributed by atoms with Crippen LogP contribution in [0.2, 0.25) is 5.02 Å². The smallest absolute Gasteiger partial charge is 0.176 e. The van der Waals surface area contributed by atoms with Gasteiger partial charge in [-0.1, -0.05) is 29.8 Å². The molecule has 0 saturated heterocycles. The molecule has 0 bridgehead atoms. The maximum absolute atomic E-state index is 5.79. The van der Waals surface area contributed by atoms with Gasteiger partial charge in [0.2, 0.25) is 0 Å². The number of rotatable bonds is 2. The molecule has 0 aliphatic heterocycles. The topological polar surface area (TPSA) is 50.7 Å². The normalized spacial score (nSPS) is 9.79. The molecule has 1 aromatic carbocycles. The molecule has 0 aliphatic rings. The largest absolute Gasteiger partial charge is 0.337 e. The number of halogens is 1. The minimum absolute atomic E-state index is 0.323. The highest BCUT2D eigenvalue weighted by atomic mass is 35.5. The van der Waals surface area contributed by atoms with Crippen LogP contribution in [0.3, 0.4) is 0 Å². The van der Waals surface area contributed by atoms with E-state index in [1.54, 1.807) is 0 Å². The highest BCUT2D eigenvalue weighted by Gasteiger charge is 2.02. The van der Waals surface area contributed by atoms with Gasteiger partial charge in [-0.2, -0.15) is 0 Å². The summed E-state index contributed by atoms with van der Waals surface area (Å²) in [5.74, 6) is 0.452. The molecule has 0 amide bonds. The Morgan fingerprint density at radius 2 is 2.00 bits per heavy atom. The van der Waals surface area contributed by atoms with Crippen molar-refractivity contribution in [1.82, 2.24) is 15.4 Å². The van der Waals surface area contributed by atoms with E-state index in [0.717, 1.165) is 5.69 Å². The summed E-state index contributed by atoms with van der Waals surface area (Å²) in [7, 11) is 0. The molecule has 0 aliphatic carbocycles. The number of anilines is 2. The van der Waals surface area contributed by atoms with E-state index >= 15 is 0 Å². The van der Waals surface area contributed by atoms with E-state index in [9.17, 15) is 0 Å². The number of aromatic nitrogens is 3. The van der Waals surface area contributed by atoms with Crippen LogP contribution < -0.4 is 5.32 Å². The van der Waals surface area contributed by atoms with E-state index in [1.807, 2.05) is 30.3 Å². The van der Waals surface area contributed by atoms with Crippen molar-refractivity contribution in [3.63, 3.8) is 0 Å². The maximum atomic E-state index is 5.79. The Kier molecular flexibility index (Phi) is 2.55. The first-order chi connectivity index (χ1) is 6.86. The Balaban J connectivity index is 2.24. The van der Waals surface area contributed by atoms with Gasteiger partial charge in [0.15, 0.2) is 5.82 Å². The Bertz CT molecular complexity index is 418. The van der Waals surface area contributed by atoms with Crippen molar-refractivity contribution in [1.29, 1.82) is 0 Å². The third kappa shape index (κ3) is 1.97. The molecule has 69 valence electrons. The predicted octanol–water partition coefficient (Wildman–Crippen LogP) is 2.07. The van der Waals surface area contributed by atoms with Crippen molar-refractivity contribution in [2.24, 2.45) is 0 Å². The summed E-state index contributed by atoms with van der Waals surface area (Å²) in [6, 6.07) is 9.55. The second-order valence-electron chi connectivity index (χ2n) is 2.55. The highest BCUT2D eigenvalue weighted by Crippen LogP contribution is 2.19. The molecule has 2 rings (SSSR count). The van der Waals surface area contributed by atoms with Crippen LogP contribution in [0.25, 0.3) is 0 Å². The van der Waals surface area contributed by atoms with E-state index in [0.29, 0.717) is 10.8 Å². The Morgan fingerprint density at radius 1 is 1.21 bits per heavy atom. The molecule has 14 heavy (non-hydrogen) atoms. The summed E-state index contributed by atoms with van der Waals surface area (Å²) in [6.45, 7) is 0. The van der Waals surface area contributed by atoms with Gasteiger partial charge in [0, 0.05) is 5.69 Å². The van der Waals surface area contributed by atoms with E-state index in [2.05, 4.69) is 26.9 Å². The number of hydrogen-bond donors (Lipinski definition) is 1. The van der Waals surface area contributed by atoms with Gasteiger partial charge in [-0.05, 0) is 17.3 Å². The van der Waals surface area contributed by atoms with E-state index in [-0.39, 0.29) is 0 Å². The van der Waals surface area contributed by atoms with Crippen LogP contribution in [0.4, 0.5) is 11.5 Å². The number of nitrogens with one attached hydrogen (secondary N) is 1. The van der Waals surface area contributed by atoms with Crippen LogP contribution in [0.1, 0.15) is 0 Å². The fraction of sp³-hybridized carbons (Fsp3) is 0. The van der Waals surface area contributed by atoms with Gasteiger partial charge in [0.05, 0.1) is 0 Å². The molecule has 1 N–H and O–H groups in total. The molecule has 0 spiro atoms.